The molecule has 0 aliphatic carbocycles. The number of fused-ring (bicyclic) bond motifs is 1. The third-order valence-electron chi connectivity index (χ3n) is 4.40. The molecule has 2 N–H and O–H groups in total. The first kappa shape index (κ1) is 16.8. The summed E-state index contributed by atoms with van der Waals surface area (Å²) in [6, 6.07) is 22.0. The van der Waals surface area contributed by atoms with Gasteiger partial charge in [-0.2, -0.15) is 0 Å². The van der Waals surface area contributed by atoms with Crippen molar-refractivity contribution in [3.63, 3.8) is 0 Å². The van der Waals surface area contributed by atoms with Crippen molar-refractivity contribution in [2.24, 2.45) is 0 Å². The molecule has 0 atom stereocenters. The average molecular weight is 353 g/mol. The van der Waals surface area contributed by atoms with E-state index >= 15 is 0 Å². The zero-order chi connectivity index (χ0) is 18.5. The Labute approximate surface area is 157 Å². The number of para-hydroxylation sites is 1. The van der Waals surface area contributed by atoms with Crippen LogP contribution in [-0.4, -0.2) is 15.9 Å². The zero-order valence-electron chi connectivity index (χ0n) is 14.7. The molecular weight excluding hydrogens is 334 g/mol. The van der Waals surface area contributed by atoms with Crippen molar-refractivity contribution >= 4 is 28.6 Å². The highest BCUT2D eigenvalue weighted by atomic mass is 16.1. The van der Waals surface area contributed by atoms with E-state index in [9.17, 15) is 4.79 Å². The van der Waals surface area contributed by atoms with Crippen LogP contribution in [0.15, 0.2) is 85.2 Å². The minimum absolute atomic E-state index is 0.169. The Bertz CT molecular complexity index is 1080. The maximum Gasteiger partial charge on any atom is 0.248 e. The SMILES string of the molecule is O=C(C=Cc1c(Cc2ccccc2)[nH]c2ccccc12)Nc1ccncc1. The molecule has 0 spiro atoms. The summed E-state index contributed by atoms with van der Waals surface area (Å²) in [4.78, 5) is 19.7. The summed E-state index contributed by atoms with van der Waals surface area (Å²) in [5.74, 6) is -0.169. The molecule has 2 aromatic heterocycles. The number of aromatic nitrogens is 2. The van der Waals surface area contributed by atoms with Crippen molar-refractivity contribution in [1.82, 2.24) is 9.97 Å². The lowest BCUT2D eigenvalue weighted by Gasteiger charge is -2.03. The van der Waals surface area contributed by atoms with Gasteiger partial charge in [0.1, 0.15) is 0 Å². The molecule has 4 heteroatoms. The molecule has 0 unspecified atom stereocenters. The van der Waals surface area contributed by atoms with Crippen LogP contribution in [0.25, 0.3) is 17.0 Å². The number of nitrogens with zero attached hydrogens (tertiary/aromatic N) is 1. The van der Waals surface area contributed by atoms with E-state index in [0.29, 0.717) is 0 Å². The number of rotatable bonds is 5. The van der Waals surface area contributed by atoms with Gasteiger partial charge in [-0.1, -0.05) is 48.5 Å². The lowest BCUT2D eigenvalue weighted by Crippen LogP contribution is -2.07. The Morgan fingerprint density at radius 2 is 1.70 bits per heavy atom. The van der Waals surface area contributed by atoms with E-state index in [2.05, 4.69) is 39.6 Å². The van der Waals surface area contributed by atoms with Crippen LogP contribution >= 0.6 is 0 Å². The molecule has 4 aromatic rings. The molecule has 27 heavy (non-hydrogen) atoms. The summed E-state index contributed by atoms with van der Waals surface area (Å²) in [5, 5.41) is 3.95. The van der Waals surface area contributed by atoms with Crippen molar-refractivity contribution < 1.29 is 4.79 Å². The van der Waals surface area contributed by atoms with E-state index in [-0.39, 0.29) is 5.91 Å². The van der Waals surface area contributed by atoms with Gasteiger partial charge in [0.2, 0.25) is 5.91 Å². The number of pyridine rings is 1. The molecule has 0 aliphatic heterocycles. The average Bonchev–Trinajstić information content (AvgIpc) is 3.05. The summed E-state index contributed by atoms with van der Waals surface area (Å²) in [5.41, 5.74) is 5.15. The van der Waals surface area contributed by atoms with E-state index in [1.807, 2.05) is 36.4 Å². The Kier molecular flexibility index (Phi) is 4.79. The van der Waals surface area contributed by atoms with Gasteiger partial charge < -0.3 is 10.3 Å². The Morgan fingerprint density at radius 3 is 2.52 bits per heavy atom. The summed E-state index contributed by atoms with van der Waals surface area (Å²) in [6.45, 7) is 0. The predicted molar refractivity (Wildman–Crippen MR) is 109 cm³/mol. The van der Waals surface area contributed by atoms with Crippen LogP contribution in [0, 0.1) is 0 Å². The van der Waals surface area contributed by atoms with Crippen LogP contribution in [0.2, 0.25) is 0 Å². The number of hydrogen-bond donors (Lipinski definition) is 2. The second kappa shape index (κ2) is 7.70. The molecule has 2 aromatic carbocycles. The van der Waals surface area contributed by atoms with Crippen molar-refractivity contribution in [3.8, 4) is 0 Å². The quantitative estimate of drug-likeness (QED) is 0.506. The number of carbonyl (C=O) groups excluding carboxylic acids is 1. The van der Waals surface area contributed by atoms with Gasteiger partial charge in [0, 0.05) is 52.7 Å². The fraction of sp³-hybridized carbons (Fsp3) is 0.0435. The summed E-state index contributed by atoms with van der Waals surface area (Å²) in [6.07, 6.45) is 7.53. The molecule has 132 valence electrons. The van der Waals surface area contributed by atoms with Crippen LogP contribution in [-0.2, 0) is 11.2 Å². The highest BCUT2D eigenvalue weighted by molar-refractivity contribution is 6.03. The van der Waals surface area contributed by atoms with Gasteiger partial charge in [-0.15, -0.1) is 0 Å². The Balaban J connectivity index is 1.63. The molecule has 4 rings (SSSR count). The molecule has 0 fully saturated rings. The first-order valence-electron chi connectivity index (χ1n) is 8.82. The van der Waals surface area contributed by atoms with Gasteiger partial charge in [-0.05, 0) is 29.8 Å². The second-order valence-corrected chi connectivity index (χ2v) is 6.28. The maximum absolute atomic E-state index is 12.3. The number of benzene rings is 2. The first-order valence-corrected chi connectivity index (χ1v) is 8.82. The van der Waals surface area contributed by atoms with E-state index in [0.717, 1.165) is 34.3 Å². The van der Waals surface area contributed by atoms with Crippen LogP contribution in [0.1, 0.15) is 16.8 Å². The third kappa shape index (κ3) is 3.96. The van der Waals surface area contributed by atoms with Crippen LogP contribution in [0.5, 0.6) is 0 Å². The van der Waals surface area contributed by atoms with Gasteiger partial charge >= 0.3 is 0 Å². The number of carbonyl (C=O) groups is 1. The van der Waals surface area contributed by atoms with E-state index in [1.54, 1.807) is 30.6 Å². The Morgan fingerprint density at radius 1 is 0.963 bits per heavy atom. The third-order valence-corrected chi connectivity index (χ3v) is 4.40. The van der Waals surface area contributed by atoms with Gasteiger partial charge in [0.15, 0.2) is 0 Å². The lowest BCUT2D eigenvalue weighted by molar-refractivity contribution is -0.111. The number of nitrogens with one attached hydrogen (secondary N) is 2. The van der Waals surface area contributed by atoms with Crippen molar-refractivity contribution in [2.45, 2.75) is 6.42 Å². The molecule has 0 bridgehead atoms. The molecular formula is C23H19N3O. The number of amides is 1. The molecule has 2 heterocycles. The van der Waals surface area contributed by atoms with Gasteiger partial charge in [0.25, 0.3) is 0 Å². The van der Waals surface area contributed by atoms with E-state index in [4.69, 9.17) is 0 Å². The number of anilines is 1. The van der Waals surface area contributed by atoms with E-state index < -0.39 is 0 Å². The van der Waals surface area contributed by atoms with Crippen molar-refractivity contribution in [1.29, 1.82) is 0 Å². The molecule has 0 saturated carbocycles. The smallest absolute Gasteiger partial charge is 0.248 e. The Hall–Kier alpha value is -3.66. The summed E-state index contributed by atoms with van der Waals surface area (Å²) >= 11 is 0. The topological polar surface area (TPSA) is 57.8 Å². The molecule has 0 radical (unpaired) electrons. The molecule has 0 saturated heterocycles. The van der Waals surface area contributed by atoms with Crippen molar-refractivity contribution in [2.75, 3.05) is 5.32 Å². The van der Waals surface area contributed by atoms with Gasteiger partial charge in [-0.25, -0.2) is 0 Å². The summed E-state index contributed by atoms with van der Waals surface area (Å²) < 4.78 is 0. The van der Waals surface area contributed by atoms with E-state index in [1.165, 1.54) is 5.56 Å². The van der Waals surface area contributed by atoms with Crippen LogP contribution < -0.4 is 5.32 Å². The number of hydrogen-bond acceptors (Lipinski definition) is 2. The van der Waals surface area contributed by atoms with Crippen molar-refractivity contribution in [3.05, 3.63) is 102 Å². The maximum atomic E-state index is 12.3. The fourth-order valence-corrected chi connectivity index (χ4v) is 3.13. The first-order chi connectivity index (χ1) is 13.3. The lowest BCUT2D eigenvalue weighted by atomic mass is 10.0. The molecule has 0 aliphatic rings. The summed E-state index contributed by atoms with van der Waals surface area (Å²) in [7, 11) is 0. The van der Waals surface area contributed by atoms with Gasteiger partial charge in [-0.3, -0.25) is 9.78 Å². The largest absolute Gasteiger partial charge is 0.358 e. The normalized spacial score (nSPS) is 11.1. The molecule has 1 amide bonds. The monoisotopic (exact) mass is 353 g/mol. The van der Waals surface area contributed by atoms with Crippen LogP contribution in [0.3, 0.4) is 0 Å². The minimum Gasteiger partial charge on any atom is -0.358 e. The van der Waals surface area contributed by atoms with Crippen LogP contribution in [0.4, 0.5) is 5.69 Å². The standard InChI is InChI=1S/C23H19N3O/c27-23(25-18-12-14-24-15-13-18)11-10-20-19-8-4-5-9-21(19)26-22(20)16-17-6-2-1-3-7-17/h1-15,26H,16H2,(H,24,25,27). The second-order valence-electron chi connectivity index (χ2n) is 6.28. The predicted octanol–water partition coefficient (Wildman–Crippen LogP) is 4.81. The highest BCUT2D eigenvalue weighted by Gasteiger charge is 2.10. The highest BCUT2D eigenvalue weighted by Crippen LogP contribution is 2.25. The molecule has 4 nitrogen and oxygen atoms in total. The fourth-order valence-electron chi connectivity index (χ4n) is 3.13. The minimum atomic E-state index is -0.169. The van der Waals surface area contributed by atoms with Gasteiger partial charge in [0.05, 0.1) is 0 Å². The zero-order valence-corrected chi connectivity index (χ0v) is 14.7. The number of H-pyrrole nitrogens is 1. The number of aromatic amines is 1.